The first-order chi connectivity index (χ1) is 8.83. The highest BCUT2D eigenvalue weighted by Crippen LogP contribution is 2.22. The fraction of sp³-hybridized carbons (Fsp3) is 0.692. The van der Waals surface area contributed by atoms with Crippen molar-refractivity contribution in [1.82, 2.24) is 10.2 Å². The molecule has 2 aliphatic rings. The van der Waals surface area contributed by atoms with Crippen LogP contribution >= 0.6 is 11.3 Å². The SMILES string of the molecule is Nc1ccsc1CNCC1CN2CCCC2CO1. The van der Waals surface area contributed by atoms with E-state index < -0.39 is 0 Å². The zero-order valence-corrected chi connectivity index (χ0v) is 11.4. The maximum atomic E-state index is 5.91. The number of thiophene rings is 1. The Morgan fingerprint density at radius 1 is 1.56 bits per heavy atom. The van der Waals surface area contributed by atoms with Crippen molar-refractivity contribution >= 4 is 17.0 Å². The Morgan fingerprint density at radius 2 is 2.50 bits per heavy atom. The van der Waals surface area contributed by atoms with E-state index in [0.717, 1.165) is 31.9 Å². The molecule has 2 unspecified atom stereocenters. The summed E-state index contributed by atoms with van der Waals surface area (Å²) in [5.74, 6) is 0. The highest BCUT2D eigenvalue weighted by Gasteiger charge is 2.31. The lowest BCUT2D eigenvalue weighted by molar-refractivity contribution is -0.0470. The number of hydrogen-bond acceptors (Lipinski definition) is 5. The van der Waals surface area contributed by atoms with Crippen LogP contribution in [0.5, 0.6) is 0 Å². The number of rotatable bonds is 4. The maximum absolute atomic E-state index is 5.91. The van der Waals surface area contributed by atoms with Crippen LogP contribution in [0, 0.1) is 0 Å². The molecule has 1 aromatic heterocycles. The summed E-state index contributed by atoms with van der Waals surface area (Å²) >= 11 is 1.71. The average Bonchev–Trinajstić information content (AvgIpc) is 2.98. The van der Waals surface area contributed by atoms with Crippen LogP contribution < -0.4 is 11.1 Å². The fourth-order valence-electron chi connectivity index (χ4n) is 2.85. The van der Waals surface area contributed by atoms with Crippen molar-refractivity contribution in [3.05, 3.63) is 16.3 Å². The molecular weight excluding hydrogens is 246 g/mol. The van der Waals surface area contributed by atoms with Crippen molar-refractivity contribution in [1.29, 1.82) is 0 Å². The van der Waals surface area contributed by atoms with E-state index in [1.807, 2.05) is 11.4 Å². The first-order valence-electron chi connectivity index (χ1n) is 6.71. The number of nitrogens with zero attached hydrogens (tertiary/aromatic N) is 1. The summed E-state index contributed by atoms with van der Waals surface area (Å²) in [6.45, 7) is 5.01. The van der Waals surface area contributed by atoms with Gasteiger partial charge in [0.15, 0.2) is 0 Å². The number of nitrogen functional groups attached to an aromatic ring is 1. The second kappa shape index (κ2) is 5.57. The lowest BCUT2D eigenvalue weighted by Gasteiger charge is -2.35. The van der Waals surface area contributed by atoms with Crippen LogP contribution in [0.1, 0.15) is 17.7 Å². The van der Waals surface area contributed by atoms with E-state index in [4.69, 9.17) is 10.5 Å². The molecule has 4 nitrogen and oxygen atoms in total. The van der Waals surface area contributed by atoms with Gasteiger partial charge in [0.1, 0.15) is 0 Å². The van der Waals surface area contributed by atoms with Gasteiger partial charge in [-0.2, -0.15) is 0 Å². The summed E-state index contributed by atoms with van der Waals surface area (Å²) in [7, 11) is 0. The van der Waals surface area contributed by atoms with E-state index >= 15 is 0 Å². The minimum Gasteiger partial charge on any atom is -0.398 e. The minimum absolute atomic E-state index is 0.334. The zero-order valence-electron chi connectivity index (χ0n) is 10.6. The Bertz CT molecular complexity index is 395. The number of ether oxygens (including phenoxy) is 1. The van der Waals surface area contributed by atoms with Crippen LogP contribution in [0.3, 0.4) is 0 Å². The quantitative estimate of drug-likeness (QED) is 0.863. The molecule has 0 bridgehead atoms. The lowest BCUT2D eigenvalue weighted by atomic mass is 10.2. The van der Waals surface area contributed by atoms with Gasteiger partial charge >= 0.3 is 0 Å². The van der Waals surface area contributed by atoms with Gasteiger partial charge in [-0.15, -0.1) is 11.3 Å². The molecule has 1 aromatic rings. The van der Waals surface area contributed by atoms with Crippen molar-refractivity contribution in [3.8, 4) is 0 Å². The molecule has 2 fully saturated rings. The monoisotopic (exact) mass is 267 g/mol. The predicted molar refractivity (Wildman–Crippen MR) is 74.8 cm³/mol. The summed E-state index contributed by atoms with van der Waals surface area (Å²) < 4.78 is 5.91. The molecule has 3 heterocycles. The largest absolute Gasteiger partial charge is 0.398 e. The third-order valence-corrected chi connectivity index (χ3v) is 4.84. The standard InChI is InChI=1S/C13H21N3OS/c14-12-3-5-18-13(12)7-15-6-11-8-16-4-1-2-10(16)9-17-11/h3,5,10-11,15H,1-2,4,6-9,14H2. The van der Waals surface area contributed by atoms with Crippen molar-refractivity contribution in [2.24, 2.45) is 0 Å². The van der Waals surface area contributed by atoms with Gasteiger partial charge in [-0.1, -0.05) is 0 Å². The smallest absolute Gasteiger partial charge is 0.0827 e. The molecule has 2 atom stereocenters. The number of morpholine rings is 1. The first-order valence-corrected chi connectivity index (χ1v) is 7.59. The van der Waals surface area contributed by atoms with Crippen molar-refractivity contribution < 1.29 is 4.74 Å². The molecule has 0 aromatic carbocycles. The number of fused-ring (bicyclic) bond motifs is 1. The summed E-state index contributed by atoms with van der Waals surface area (Å²) in [6, 6.07) is 2.65. The van der Waals surface area contributed by atoms with Crippen LogP contribution in [0.2, 0.25) is 0 Å². The van der Waals surface area contributed by atoms with E-state index in [2.05, 4.69) is 10.2 Å². The second-order valence-electron chi connectivity index (χ2n) is 5.18. The third-order valence-electron chi connectivity index (χ3n) is 3.90. The average molecular weight is 267 g/mol. The van der Waals surface area contributed by atoms with Crippen molar-refractivity contribution in [2.45, 2.75) is 31.5 Å². The second-order valence-corrected chi connectivity index (χ2v) is 6.18. The van der Waals surface area contributed by atoms with Crippen LogP contribution in [0.15, 0.2) is 11.4 Å². The van der Waals surface area contributed by atoms with Crippen molar-refractivity contribution in [3.63, 3.8) is 0 Å². The van der Waals surface area contributed by atoms with E-state index in [1.54, 1.807) is 11.3 Å². The summed E-state index contributed by atoms with van der Waals surface area (Å²) in [5.41, 5.74) is 6.76. The Kier molecular flexibility index (Phi) is 3.84. The van der Waals surface area contributed by atoms with E-state index in [0.29, 0.717) is 12.1 Å². The highest BCUT2D eigenvalue weighted by atomic mass is 32.1. The zero-order chi connectivity index (χ0) is 12.4. The molecule has 0 radical (unpaired) electrons. The van der Waals surface area contributed by atoms with Crippen LogP contribution in [0.4, 0.5) is 5.69 Å². The molecule has 5 heteroatoms. The summed E-state index contributed by atoms with van der Waals surface area (Å²) in [5, 5.41) is 5.50. The molecule has 2 saturated heterocycles. The Labute approximate surface area is 112 Å². The molecule has 0 saturated carbocycles. The van der Waals surface area contributed by atoms with Gasteiger partial charge in [0.05, 0.1) is 12.7 Å². The van der Waals surface area contributed by atoms with Gasteiger partial charge < -0.3 is 15.8 Å². The molecule has 18 heavy (non-hydrogen) atoms. The van der Waals surface area contributed by atoms with Gasteiger partial charge in [0.2, 0.25) is 0 Å². The Morgan fingerprint density at radius 3 is 3.33 bits per heavy atom. The third kappa shape index (κ3) is 2.69. The van der Waals surface area contributed by atoms with Gasteiger partial charge in [-0.05, 0) is 30.8 Å². The van der Waals surface area contributed by atoms with E-state index in [-0.39, 0.29) is 0 Å². The van der Waals surface area contributed by atoms with E-state index in [1.165, 1.54) is 24.3 Å². The number of nitrogens with two attached hydrogens (primary N) is 1. The highest BCUT2D eigenvalue weighted by molar-refractivity contribution is 7.10. The summed E-state index contributed by atoms with van der Waals surface area (Å²) in [4.78, 5) is 3.81. The predicted octanol–water partition coefficient (Wildman–Crippen LogP) is 1.28. The van der Waals surface area contributed by atoms with Gasteiger partial charge in [-0.25, -0.2) is 0 Å². The van der Waals surface area contributed by atoms with E-state index in [9.17, 15) is 0 Å². The maximum Gasteiger partial charge on any atom is 0.0827 e. The summed E-state index contributed by atoms with van der Waals surface area (Å²) in [6.07, 6.45) is 2.98. The van der Waals surface area contributed by atoms with Crippen LogP contribution in [-0.4, -0.2) is 43.3 Å². The molecule has 100 valence electrons. The van der Waals surface area contributed by atoms with Crippen LogP contribution in [-0.2, 0) is 11.3 Å². The molecule has 0 aliphatic carbocycles. The van der Waals surface area contributed by atoms with Gasteiger partial charge in [-0.3, -0.25) is 4.90 Å². The Hall–Kier alpha value is -0.620. The lowest BCUT2D eigenvalue weighted by Crippen LogP contribution is -2.49. The molecule has 3 rings (SSSR count). The molecule has 3 N–H and O–H groups in total. The fourth-order valence-corrected chi connectivity index (χ4v) is 3.62. The van der Waals surface area contributed by atoms with Crippen LogP contribution in [0.25, 0.3) is 0 Å². The minimum atomic E-state index is 0.334. The molecule has 0 amide bonds. The molecule has 2 aliphatic heterocycles. The topological polar surface area (TPSA) is 50.5 Å². The van der Waals surface area contributed by atoms with Gasteiger partial charge in [0, 0.05) is 36.2 Å². The van der Waals surface area contributed by atoms with Gasteiger partial charge in [0.25, 0.3) is 0 Å². The van der Waals surface area contributed by atoms with Crippen molar-refractivity contribution in [2.75, 3.05) is 32.0 Å². The normalized spacial score (nSPS) is 28.4. The number of hydrogen-bond donors (Lipinski definition) is 2. The number of nitrogens with one attached hydrogen (secondary N) is 1. The number of anilines is 1. The molecule has 0 spiro atoms. The molecular formula is C13H21N3OS. The Balaban J connectivity index is 1.42. The first kappa shape index (κ1) is 12.4.